The van der Waals surface area contributed by atoms with Gasteiger partial charge >= 0.3 is 6.03 Å². The molecule has 0 fully saturated rings. The number of carbonyl (C=O) groups is 1. The summed E-state index contributed by atoms with van der Waals surface area (Å²) in [5.74, 6) is 0. The first kappa shape index (κ1) is 12.8. The number of carbonyl (C=O) groups excluding carboxylic acids is 1. The Morgan fingerprint density at radius 3 is 2.69 bits per heavy atom. The Morgan fingerprint density at radius 2 is 2.12 bits per heavy atom. The molecule has 88 valence electrons. The molecular formula is C12H17ClN2O. The number of anilines is 1. The van der Waals surface area contributed by atoms with Crippen molar-refractivity contribution in [2.75, 3.05) is 11.9 Å². The average Bonchev–Trinajstić information content (AvgIpc) is 2.29. The van der Waals surface area contributed by atoms with E-state index >= 15 is 0 Å². The smallest absolute Gasteiger partial charge is 0.319 e. The lowest BCUT2D eigenvalue weighted by Crippen LogP contribution is -2.29. The molecule has 4 heteroatoms. The summed E-state index contributed by atoms with van der Waals surface area (Å²) in [6.07, 6.45) is 1.85. The lowest BCUT2D eigenvalue weighted by atomic mass is 10.1. The van der Waals surface area contributed by atoms with Gasteiger partial charge in [-0.05, 0) is 30.5 Å². The molecule has 0 atom stereocenters. The highest BCUT2D eigenvalue weighted by Crippen LogP contribution is 2.23. The van der Waals surface area contributed by atoms with E-state index in [4.69, 9.17) is 11.6 Å². The Bertz CT molecular complexity index is 366. The molecule has 0 aromatic heterocycles. The molecule has 1 rings (SSSR count). The number of hydrogen-bond acceptors (Lipinski definition) is 1. The summed E-state index contributed by atoms with van der Waals surface area (Å²) in [4.78, 5) is 11.4. The fraction of sp³-hybridized carbons (Fsp3) is 0.417. The van der Waals surface area contributed by atoms with Crippen molar-refractivity contribution in [3.63, 3.8) is 0 Å². The lowest BCUT2D eigenvalue weighted by molar-refractivity contribution is 0.252. The minimum atomic E-state index is -0.215. The zero-order chi connectivity index (χ0) is 12.0. The van der Waals surface area contributed by atoms with E-state index in [0.717, 1.165) is 18.4 Å². The molecule has 0 saturated heterocycles. The second-order valence-electron chi connectivity index (χ2n) is 3.55. The number of rotatable bonds is 4. The fourth-order valence-electron chi connectivity index (χ4n) is 1.28. The van der Waals surface area contributed by atoms with Crippen LogP contribution >= 0.6 is 11.6 Å². The monoisotopic (exact) mass is 240 g/mol. The molecule has 2 amide bonds. The van der Waals surface area contributed by atoms with Crippen molar-refractivity contribution in [2.45, 2.75) is 26.7 Å². The second kappa shape index (κ2) is 6.38. The summed E-state index contributed by atoms with van der Waals surface area (Å²) >= 11 is 6.04. The normalized spacial score (nSPS) is 9.94. The minimum Gasteiger partial charge on any atom is -0.338 e. The maximum Gasteiger partial charge on any atom is 0.319 e. The predicted octanol–water partition coefficient (Wildman–Crippen LogP) is 3.43. The number of hydrogen-bond donors (Lipinski definition) is 2. The van der Waals surface area contributed by atoms with Crippen molar-refractivity contribution in [3.05, 3.63) is 28.8 Å². The molecule has 2 N–H and O–H groups in total. The van der Waals surface area contributed by atoms with Crippen LogP contribution in [-0.2, 0) is 6.42 Å². The molecule has 0 unspecified atom stereocenters. The van der Waals surface area contributed by atoms with Crippen molar-refractivity contribution in [1.29, 1.82) is 0 Å². The van der Waals surface area contributed by atoms with Crippen molar-refractivity contribution in [2.24, 2.45) is 0 Å². The highest BCUT2D eigenvalue weighted by Gasteiger charge is 2.04. The molecule has 0 aliphatic heterocycles. The molecule has 3 nitrogen and oxygen atoms in total. The molecule has 0 radical (unpaired) electrons. The van der Waals surface area contributed by atoms with Crippen molar-refractivity contribution >= 4 is 23.3 Å². The zero-order valence-electron chi connectivity index (χ0n) is 9.64. The Labute approximate surface area is 101 Å². The van der Waals surface area contributed by atoms with Gasteiger partial charge in [0.25, 0.3) is 0 Å². The molecule has 0 spiro atoms. The van der Waals surface area contributed by atoms with Gasteiger partial charge in [-0.15, -0.1) is 0 Å². The maximum atomic E-state index is 11.4. The van der Waals surface area contributed by atoms with Crippen LogP contribution < -0.4 is 10.6 Å². The van der Waals surface area contributed by atoms with Crippen LogP contribution in [0.5, 0.6) is 0 Å². The number of urea groups is 1. The molecule has 0 aliphatic carbocycles. The van der Waals surface area contributed by atoms with Crippen LogP contribution in [0.1, 0.15) is 25.8 Å². The van der Waals surface area contributed by atoms with Gasteiger partial charge in [-0.3, -0.25) is 0 Å². The van der Waals surface area contributed by atoms with Crippen molar-refractivity contribution in [1.82, 2.24) is 5.32 Å². The van der Waals surface area contributed by atoms with Gasteiger partial charge in [0.05, 0.1) is 10.7 Å². The Kier molecular flexibility index (Phi) is 5.12. The van der Waals surface area contributed by atoms with Gasteiger partial charge in [0.2, 0.25) is 0 Å². The van der Waals surface area contributed by atoms with Gasteiger partial charge in [-0.25, -0.2) is 4.79 Å². The van der Waals surface area contributed by atoms with Gasteiger partial charge in [0.15, 0.2) is 0 Å². The molecule has 0 bridgehead atoms. The van der Waals surface area contributed by atoms with Crippen molar-refractivity contribution in [3.8, 4) is 0 Å². The van der Waals surface area contributed by atoms with Crippen molar-refractivity contribution < 1.29 is 4.79 Å². The second-order valence-corrected chi connectivity index (χ2v) is 3.96. The SMILES string of the molecule is CCCNC(=O)Nc1ccc(CC)cc1Cl. The zero-order valence-corrected chi connectivity index (χ0v) is 10.4. The first-order valence-electron chi connectivity index (χ1n) is 5.50. The molecular weight excluding hydrogens is 224 g/mol. The van der Waals surface area contributed by atoms with Gasteiger partial charge in [-0.1, -0.05) is 31.5 Å². The molecule has 1 aromatic carbocycles. The van der Waals surface area contributed by atoms with E-state index in [0.29, 0.717) is 17.3 Å². The van der Waals surface area contributed by atoms with Gasteiger partial charge in [0.1, 0.15) is 0 Å². The van der Waals surface area contributed by atoms with E-state index in [1.54, 1.807) is 0 Å². The van der Waals surface area contributed by atoms with Gasteiger partial charge in [-0.2, -0.15) is 0 Å². The van der Waals surface area contributed by atoms with E-state index in [9.17, 15) is 4.79 Å². The van der Waals surface area contributed by atoms with Crippen LogP contribution in [0.15, 0.2) is 18.2 Å². The molecule has 1 aromatic rings. The Hall–Kier alpha value is -1.22. The third kappa shape index (κ3) is 3.74. The first-order chi connectivity index (χ1) is 7.67. The molecule has 0 aliphatic rings. The minimum absolute atomic E-state index is 0.215. The van der Waals surface area contributed by atoms with E-state index in [-0.39, 0.29) is 6.03 Å². The van der Waals surface area contributed by atoms with Crippen LogP contribution in [-0.4, -0.2) is 12.6 Å². The van der Waals surface area contributed by atoms with E-state index in [1.165, 1.54) is 0 Å². The maximum absolute atomic E-state index is 11.4. The van der Waals surface area contributed by atoms with Crippen LogP contribution in [0, 0.1) is 0 Å². The third-order valence-electron chi connectivity index (χ3n) is 2.23. The molecule has 0 saturated carbocycles. The average molecular weight is 241 g/mol. The van der Waals surface area contributed by atoms with Crippen LogP contribution in [0.4, 0.5) is 10.5 Å². The van der Waals surface area contributed by atoms with Crippen LogP contribution in [0.3, 0.4) is 0 Å². The molecule has 16 heavy (non-hydrogen) atoms. The Balaban J connectivity index is 2.63. The lowest BCUT2D eigenvalue weighted by Gasteiger charge is -2.09. The quantitative estimate of drug-likeness (QED) is 0.832. The standard InChI is InChI=1S/C12H17ClN2O/c1-3-7-14-12(16)15-11-6-5-9(4-2)8-10(11)13/h5-6,8H,3-4,7H2,1-2H3,(H2,14,15,16). The van der Waals surface area contributed by atoms with E-state index in [1.807, 2.05) is 25.1 Å². The topological polar surface area (TPSA) is 41.1 Å². The van der Waals surface area contributed by atoms with E-state index < -0.39 is 0 Å². The summed E-state index contributed by atoms with van der Waals surface area (Å²) in [6.45, 7) is 4.73. The number of aryl methyl sites for hydroxylation is 1. The first-order valence-corrected chi connectivity index (χ1v) is 5.88. The summed E-state index contributed by atoms with van der Waals surface area (Å²) < 4.78 is 0. The number of halogens is 1. The number of benzene rings is 1. The van der Waals surface area contributed by atoms with Gasteiger partial charge in [0, 0.05) is 6.54 Å². The highest BCUT2D eigenvalue weighted by atomic mass is 35.5. The Morgan fingerprint density at radius 1 is 1.38 bits per heavy atom. The largest absolute Gasteiger partial charge is 0.338 e. The predicted molar refractivity (Wildman–Crippen MR) is 68.1 cm³/mol. The van der Waals surface area contributed by atoms with Crippen LogP contribution in [0.25, 0.3) is 0 Å². The van der Waals surface area contributed by atoms with E-state index in [2.05, 4.69) is 17.6 Å². The highest BCUT2D eigenvalue weighted by molar-refractivity contribution is 6.33. The fourth-order valence-corrected chi connectivity index (χ4v) is 1.54. The summed E-state index contributed by atoms with van der Waals surface area (Å²) in [5, 5.41) is 6.02. The summed E-state index contributed by atoms with van der Waals surface area (Å²) in [7, 11) is 0. The van der Waals surface area contributed by atoms with Crippen LogP contribution in [0.2, 0.25) is 5.02 Å². The number of amides is 2. The summed E-state index contributed by atoms with van der Waals surface area (Å²) in [6, 6.07) is 5.44. The number of nitrogens with one attached hydrogen (secondary N) is 2. The molecule has 0 heterocycles. The third-order valence-corrected chi connectivity index (χ3v) is 2.54. The summed E-state index contributed by atoms with van der Waals surface area (Å²) in [5.41, 5.74) is 1.80. The van der Waals surface area contributed by atoms with Gasteiger partial charge < -0.3 is 10.6 Å².